The minimum atomic E-state index is -2.41. The molecule has 1 saturated carbocycles. The van der Waals surface area contributed by atoms with Crippen molar-refractivity contribution in [2.45, 2.75) is 109 Å². The summed E-state index contributed by atoms with van der Waals surface area (Å²) in [5, 5.41) is 0. The molecule has 26 heavy (non-hydrogen) atoms. The van der Waals surface area contributed by atoms with Gasteiger partial charge >= 0.3 is 169 Å². The Morgan fingerprint density at radius 3 is 1.88 bits per heavy atom. The van der Waals surface area contributed by atoms with E-state index in [0.717, 1.165) is 5.92 Å². The Morgan fingerprint density at radius 2 is 1.42 bits per heavy atom. The topological polar surface area (TPSA) is 18.5 Å². The summed E-state index contributed by atoms with van der Waals surface area (Å²) in [6, 6.07) is 0. The quantitative estimate of drug-likeness (QED) is 0.139. The fourth-order valence-electron chi connectivity index (χ4n) is 4.55. The van der Waals surface area contributed by atoms with Crippen LogP contribution in [0.15, 0.2) is 12.2 Å². The van der Waals surface area contributed by atoms with E-state index in [1.54, 1.807) is 7.11 Å². The molecule has 0 saturated heterocycles. The maximum absolute atomic E-state index is 6.42. The molecule has 3 heteroatoms. The first kappa shape index (κ1) is 24.5. The second-order valence-corrected chi connectivity index (χ2v) is 22.1. The monoisotopic (exact) mass is 474 g/mol. The Bertz CT molecular complexity index is 328. The van der Waals surface area contributed by atoms with Gasteiger partial charge in [0.15, 0.2) is 0 Å². The summed E-state index contributed by atoms with van der Waals surface area (Å²) in [7, 11) is 1.77. The van der Waals surface area contributed by atoms with Gasteiger partial charge in [-0.3, -0.25) is 0 Å². The first-order chi connectivity index (χ1) is 12.7. The van der Waals surface area contributed by atoms with Crippen LogP contribution < -0.4 is 0 Å². The van der Waals surface area contributed by atoms with Crippen molar-refractivity contribution in [2.24, 2.45) is 5.92 Å². The van der Waals surface area contributed by atoms with Crippen molar-refractivity contribution in [1.29, 1.82) is 0 Å². The molecule has 1 rings (SSSR count). The van der Waals surface area contributed by atoms with Crippen LogP contribution in [-0.2, 0) is 9.47 Å². The van der Waals surface area contributed by atoms with E-state index in [0.29, 0.717) is 10.9 Å². The van der Waals surface area contributed by atoms with Gasteiger partial charge in [0.25, 0.3) is 0 Å². The van der Waals surface area contributed by atoms with Gasteiger partial charge in [0.1, 0.15) is 0 Å². The molecule has 154 valence electrons. The van der Waals surface area contributed by atoms with Crippen LogP contribution in [0.2, 0.25) is 13.3 Å². The van der Waals surface area contributed by atoms with Crippen molar-refractivity contribution in [3.8, 4) is 0 Å². The van der Waals surface area contributed by atoms with Gasteiger partial charge in [-0.1, -0.05) is 0 Å². The summed E-state index contributed by atoms with van der Waals surface area (Å²) < 4.78 is 16.7. The Labute approximate surface area is 168 Å². The Kier molecular flexibility index (Phi) is 14.5. The zero-order valence-electron chi connectivity index (χ0n) is 18.2. The number of ether oxygens (including phenoxy) is 2. The van der Waals surface area contributed by atoms with Crippen LogP contribution in [-0.4, -0.2) is 36.4 Å². The second kappa shape index (κ2) is 15.4. The van der Waals surface area contributed by atoms with Crippen molar-refractivity contribution in [3.05, 3.63) is 12.2 Å². The van der Waals surface area contributed by atoms with E-state index in [4.69, 9.17) is 9.47 Å². The van der Waals surface area contributed by atoms with Crippen LogP contribution >= 0.6 is 0 Å². The van der Waals surface area contributed by atoms with E-state index in [-0.39, 0.29) is 0 Å². The average Bonchev–Trinajstić information content (AvgIpc) is 2.69. The molecule has 0 aromatic rings. The molecule has 0 spiro atoms. The third-order valence-corrected chi connectivity index (χ3v) is 22.3. The normalized spacial score (nSPS) is 17.8. The van der Waals surface area contributed by atoms with Gasteiger partial charge < -0.3 is 0 Å². The summed E-state index contributed by atoms with van der Waals surface area (Å²) >= 11 is -2.41. The van der Waals surface area contributed by atoms with Crippen LogP contribution in [0, 0.1) is 5.92 Å². The molecule has 0 N–H and O–H groups in total. The van der Waals surface area contributed by atoms with Gasteiger partial charge in [0.05, 0.1) is 0 Å². The average molecular weight is 473 g/mol. The van der Waals surface area contributed by atoms with Crippen molar-refractivity contribution >= 4 is 18.4 Å². The van der Waals surface area contributed by atoms with Crippen LogP contribution in [0.25, 0.3) is 0 Å². The number of hydrogen-bond acceptors (Lipinski definition) is 2. The molecule has 0 bridgehead atoms. The molecule has 0 amide bonds. The number of hydrogen-bond donors (Lipinski definition) is 0. The number of rotatable bonds is 15. The van der Waals surface area contributed by atoms with Crippen LogP contribution in [0.5, 0.6) is 0 Å². The molecule has 1 atom stereocenters. The molecule has 0 heterocycles. The third kappa shape index (κ3) is 9.10. The molecule has 0 radical (unpaired) electrons. The van der Waals surface area contributed by atoms with Crippen LogP contribution in [0.1, 0.15) is 91.4 Å². The first-order valence-electron chi connectivity index (χ1n) is 11.5. The van der Waals surface area contributed by atoms with E-state index in [1.807, 2.05) is 0 Å². The van der Waals surface area contributed by atoms with Gasteiger partial charge in [-0.25, -0.2) is 0 Å². The number of methoxy groups -OCH3 is 1. The Hall–Kier alpha value is 0.459. The van der Waals surface area contributed by atoms with Crippen molar-refractivity contribution in [2.75, 3.05) is 13.9 Å². The van der Waals surface area contributed by atoms with E-state index in [9.17, 15) is 0 Å². The Morgan fingerprint density at radius 1 is 0.885 bits per heavy atom. The van der Waals surface area contributed by atoms with Crippen LogP contribution in [0.3, 0.4) is 0 Å². The van der Waals surface area contributed by atoms with Gasteiger partial charge in [0.2, 0.25) is 0 Å². The summed E-state index contributed by atoms with van der Waals surface area (Å²) in [6.07, 6.45) is 20.3. The van der Waals surface area contributed by atoms with E-state index >= 15 is 0 Å². The Balaban J connectivity index is 2.98. The SMILES string of the molecule is CCC[CH2][Sn]([CH2]CCC)([CH2]CCC)[C@@H](/C=C/C1CCCCC1)OCOC. The zero-order chi connectivity index (χ0) is 19.1. The van der Waals surface area contributed by atoms with Crippen molar-refractivity contribution < 1.29 is 9.47 Å². The predicted octanol–water partition coefficient (Wildman–Crippen LogP) is 7.50. The van der Waals surface area contributed by atoms with Gasteiger partial charge in [-0.05, 0) is 0 Å². The molecule has 0 unspecified atom stereocenters. The molecule has 1 fully saturated rings. The molecule has 1 aliphatic carbocycles. The molecular weight excluding hydrogens is 427 g/mol. The summed E-state index contributed by atoms with van der Waals surface area (Å²) in [5.41, 5.74) is 0. The predicted molar refractivity (Wildman–Crippen MR) is 117 cm³/mol. The molecule has 1 aliphatic rings. The van der Waals surface area contributed by atoms with E-state index in [1.165, 1.54) is 83.9 Å². The van der Waals surface area contributed by atoms with Crippen molar-refractivity contribution in [1.82, 2.24) is 0 Å². The molecule has 0 aliphatic heterocycles. The fourth-order valence-corrected chi connectivity index (χ4v) is 20.9. The molecule has 2 nitrogen and oxygen atoms in total. The minimum absolute atomic E-state index is 0.413. The molecule has 0 aromatic carbocycles. The maximum atomic E-state index is 6.42. The summed E-state index contributed by atoms with van der Waals surface area (Å²) in [5.74, 6) is 0.796. The van der Waals surface area contributed by atoms with Gasteiger partial charge in [-0.15, -0.1) is 0 Å². The molecular formula is C23H46O2Sn. The number of allylic oxidation sites excluding steroid dienone is 1. The summed E-state index contributed by atoms with van der Waals surface area (Å²) in [6.45, 7) is 7.50. The first-order valence-corrected chi connectivity index (χ1v) is 19.2. The van der Waals surface area contributed by atoms with Gasteiger partial charge in [-0.2, -0.15) is 0 Å². The second-order valence-electron chi connectivity index (χ2n) is 8.45. The van der Waals surface area contributed by atoms with E-state index < -0.39 is 18.4 Å². The van der Waals surface area contributed by atoms with Gasteiger partial charge in [0, 0.05) is 0 Å². The van der Waals surface area contributed by atoms with E-state index in [2.05, 4.69) is 32.9 Å². The van der Waals surface area contributed by atoms with Crippen molar-refractivity contribution in [3.63, 3.8) is 0 Å². The summed E-state index contributed by atoms with van der Waals surface area (Å²) in [4.78, 5) is 0. The molecule has 0 aromatic heterocycles. The number of unbranched alkanes of at least 4 members (excludes halogenated alkanes) is 3. The fraction of sp³-hybridized carbons (Fsp3) is 0.913. The zero-order valence-corrected chi connectivity index (χ0v) is 21.1. The third-order valence-electron chi connectivity index (χ3n) is 6.26. The van der Waals surface area contributed by atoms with Crippen LogP contribution in [0.4, 0.5) is 0 Å². The standard InChI is InChI=1S/C11H19O2.3C4H9.Sn/c1-12-10-13-9-5-8-11-6-3-2-4-7-11;3*1-3-4-2;/h5,8-9,11H,2-4,6-7,10H2,1H3;3*1,3-4H2,2H3;/b8-5+;;;;.